The van der Waals surface area contributed by atoms with Gasteiger partial charge in [-0.2, -0.15) is 0 Å². The summed E-state index contributed by atoms with van der Waals surface area (Å²) in [5.74, 6) is 0.738. The second-order valence-corrected chi connectivity index (χ2v) is 7.71. The molecule has 1 aromatic heterocycles. The van der Waals surface area contributed by atoms with Gasteiger partial charge in [-0.3, -0.25) is 0 Å². The van der Waals surface area contributed by atoms with Crippen molar-refractivity contribution in [3.63, 3.8) is 0 Å². The van der Waals surface area contributed by atoms with E-state index in [-0.39, 0.29) is 6.54 Å². The quantitative estimate of drug-likeness (QED) is 0.835. The summed E-state index contributed by atoms with van der Waals surface area (Å²) in [5.41, 5.74) is 1.16. The number of ether oxygens (including phenoxy) is 1. The topological polar surface area (TPSA) is 55.4 Å². The molecule has 0 fully saturated rings. The molecule has 20 heavy (non-hydrogen) atoms. The van der Waals surface area contributed by atoms with Crippen LogP contribution in [0.1, 0.15) is 10.4 Å². The lowest BCUT2D eigenvalue weighted by Gasteiger charge is -2.07. The van der Waals surface area contributed by atoms with Gasteiger partial charge in [0.05, 0.1) is 0 Å². The summed E-state index contributed by atoms with van der Waals surface area (Å²) in [6, 6.07) is 11.0. The van der Waals surface area contributed by atoms with E-state index >= 15 is 0 Å². The standard InChI is InChI=1S/C14H17NO3S2/c1-11-3-6-13(7-4-11)18-10-9-15-20(16,17)14-8-5-12(2)19-14/h3-8,15H,9-10H2,1-2H3. The van der Waals surface area contributed by atoms with Crippen molar-refractivity contribution in [1.29, 1.82) is 0 Å². The highest BCUT2D eigenvalue weighted by Gasteiger charge is 2.15. The molecule has 0 aliphatic carbocycles. The second-order valence-electron chi connectivity index (χ2n) is 4.42. The van der Waals surface area contributed by atoms with Gasteiger partial charge in [0, 0.05) is 11.4 Å². The molecule has 108 valence electrons. The molecule has 0 unspecified atom stereocenters. The van der Waals surface area contributed by atoms with Gasteiger partial charge in [-0.05, 0) is 38.1 Å². The Bertz CT molecular complexity index is 660. The van der Waals surface area contributed by atoms with E-state index < -0.39 is 10.0 Å². The Morgan fingerprint density at radius 2 is 1.80 bits per heavy atom. The third-order valence-electron chi connectivity index (χ3n) is 2.66. The lowest BCUT2D eigenvalue weighted by atomic mass is 10.2. The van der Waals surface area contributed by atoms with Crippen molar-refractivity contribution in [3.05, 3.63) is 46.8 Å². The van der Waals surface area contributed by atoms with Crippen LogP contribution in [0.15, 0.2) is 40.6 Å². The minimum absolute atomic E-state index is 0.243. The number of hydrogen-bond acceptors (Lipinski definition) is 4. The van der Waals surface area contributed by atoms with Crippen molar-refractivity contribution < 1.29 is 13.2 Å². The van der Waals surface area contributed by atoms with Gasteiger partial charge in [0.2, 0.25) is 10.0 Å². The number of nitrogens with one attached hydrogen (secondary N) is 1. The van der Waals surface area contributed by atoms with Crippen LogP contribution < -0.4 is 9.46 Å². The molecular weight excluding hydrogens is 294 g/mol. The van der Waals surface area contributed by atoms with Crippen molar-refractivity contribution in [1.82, 2.24) is 4.72 Å². The Balaban J connectivity index is 1.82. The van der Waals surface area contributed by atoms with E-state index in [0.29, 0.717) is 10.8 Å². The van der Waals surface area contributed by atoms with Gasteiger partial charge in [0.15, 0.2) is 0 Å². The number of aryl methyl sites for hydroxylation is 2. The largest absolute Gasteiger partial charge is 0.492 e. The maximum atomic E-state index is 11.9. The van der Waals surface area contributed by atoms with Gasteiger partial charge in [-0.1, -0.05) is 17.7 Å². The van der Waals surface area contributed by atoms with E-state index in [4.69, 9.17) is 4.74 Å². The first-order valence-corrected chi connectivity index (χ1v) is 8.53. The first-order chi connectivity index (χ1) is 9.47. The molecule has 4 nitrogen and oxygen atoms in total. The molecular formula is C14H17NO3S2. The Hall–Kier alpha value is -1.37. The summed E-state index contributed by atoms with van der Waals surface area (Å²) >= 11 is 1.26. The van der Waals surface area contributed by atoms with E-state index in [9.17, 15) is 8.42 Å². The fourth-order valence-electron chi connectivity index (χ4n) is 1.61. The van der Waals surface area contributed by atoms with Crippen molar-refractivity contribution >= 4 is 21.4 Å². The number of sulfonamides is 1. The molecule has 0 atom stereocenters. The Morgan fingerprint density at radius 1 is 1.10 bits per heavy atom. The van der Waals surface area contributed by atoms with Crippen molar-refractivity contribution in [2.45, 2.75) is 18.1 Å². The number of hydrogen-bond donors (Lipinski definition) is 1. The van der Waals surface area contributed by atoms with Crippen molar-refractivity contribution in [2.75, 3.05) is 13.2 Å². The zero-order chi connectivity index (χ0) is 14.6. The van der Waals surface area contributed by atoms with Gasteiger partial charge in [0.25, 0.3) is 0 Å². The Labute approximate surface area is 123 Å². The van der Waals surface area contributed by atoms with E-state index in [1.807, 2.05) is 38.1 Å². The summed E-state index contributed by atoms with van der Waals surface area (Å²) in [5, 5.41) is 0. The molecule has 0 radical (unpaired) electrons. The minimum Gasteiger partial charge on any atom is -0.492 e. The first kappa shape index (κ1) is 15.0. The van der Waals surface area contributed by atoms with Crippen LogP contribution in [-0.2, 0) is 10.0 Å². The average molecular weight is 311 g/mol. The molecule has 1 aromatic carbocycles. The van der Waals surface area contributed by atoms with Gasteiger partial charge in [-0.25, -0.2) is 13.1 Å². The summed E-state index contributed by atoms with van der Waals surface area (Å²) in [6.07, 6.45) is 0. The number of rotatable bonds is 6. The average Bonchev–Trinajstić information content (AvgIpc) is 2.84. The fraction of sp³-hybridized carbons (Fsp3) is 0.286. The highest BCUT2D eigenvalue weighted by molar-refractivity contribution is 7.91. The van der Waals surface area contributed by atoms with Gasteiger partial charge < -0.3 is 4.74 Å². The van der Waals surface area contributed by atoms with E-state index in [2.05, 4.69) is 4.72 Å². The SMILES string of the molecule is Cc1ccc(OCCNS(=O)(=O)c2ccc(C)s2)cc1. The van der Waals surface area contributed by atoms with Crippen LogP contribution in [-0.4, -0.2) is 21.6 Å². The van der Waals surface area contributed by atoms with Crippen molar-refractivity contribution in [3.8, 4) is 5.75 Å². The van der Waals surface area contributed by atoms with Crippen LogP contribution in [0, 0.1) is 13.8 Å². The minimum atomic E-state index is -3.41. The predicted molar refractivity (Wildman–Crippen MR) is 80.9 cm³/mol. The van der Waals surface area contributed by atoms with Crippen LogP contribution in [0.3, 0.4) is 0 Å². The van der Waals surface area contributed by atoms with Crippen LogP contribution in [0.4, 0.5) is 0 Å². The van der Waals surface area contributed by atoms with E-state index in [1.165, 1.54) is 11.3 Å². The zero-order valence-electron chi connectivity index (χ0n) is 11.4. The van der Waals surface area contributed by atoms with Crippen LogP contribution in [0.5, 0.6) is 5.75 Å². The molecule has 0 saturated carbocycles. The normalized spacial score (nSPS) is 11.5. The molecule has 0 bridgehead atoms. The molecule has 2 rings (SSSR count). The fourth-order valence-corrected chi connectivity index (χ4v) is 3.95. The predicted octanol–water partition coefficient (Wildman–Crippen LogP) is 2.72. The third-order valence-corrected chi connectivity index (χ3v) is 5.62. The zero-order valence-corrected chi connectivity index (χ0v) is 13.1. The van der Waals surface area contributed by atoms with Gasteiger partial charge in [0.1, 0.15) is 16.6 Å². The maximum Gasteiger partial charge on any atom is 0.250 e. The summed E-state index contributed by atoms with van der Waals surface area (Å²) in [7, 11) is -3.41. The lowest BCUT2D eigenvalue weighted by Crippen LogP contribution is -2.27. The van der Waals surface area contributed by atoms with Crippen LogP contribution in [0.25, 0.3) is 0 Å². The summed E-state index contributed by atoms with van der Waals surface area (Å²) in [6.45, 7) is 4.42. The molecule has 1 N–H and O–H groups in total. The Kier molecular flexibility index (Phi) is 4.80. The third kappa shape index (κ3) is 4.06. The number of thiophene rings is 1. The number of benzene rings is 1. The molecule has 1 heterocycles. The molecule has 0 aliphatic heterocycles. The highest BCUT2D eigenvalue weighted by Crippen LogP contribution is 2.20. The maximum absolute atomic E-state index is 11.9. The molecule has 0 spiro atoms. The van der Waals surface area contributed by atoms with Crippen molar-refractivity contribution in [2.24, 2.45) is 0 Å². The monoisotopic (exact) mass is 311 g/mol. The molecule has 0 saturated heterocycles. The lowest BCUT2D eigenvalue weighted by molar-refractivity contribution is 0.323. The molecule has 0 aliphatic rings. The van der Waals surface area contributed by atoms with E-state index in [1.54, 1.807) is 12.1 Å². The van der Waals surface area contributed by atoms with Crippen LogP contribution >= 0.6 is 11.3 Å². The smallest absolute Gasteiger partial charge is 0.250 e. The van der Waals surface area contributed by atoms with Gasteiger partial charge >= 0.3 is 0 Å². The summed E-state index contributed by atoms with van der Waals surface area (Å²) in [4.78, 5) is 0.973. The second kappa shape index (κ2) is 6.39. The van der Waals surface area contributed by atoms with Gasteiger partial charge in [-0.15, -0.1) is 11.3 Å². The first-order valence-electron chi connectivity index (χ1n) is 6.23. The highest BCUT2D eigenvalue weighted by atomic mass is 32.2. The molecule has 0 amide bonds. The summed E-state index contributed by atoms with van der Waals surface area (Å²) < 4.78 is 32.2. The van der Waals surface area contributed by atoms with Crippen LogP contribution in [0.2, 0.25) is 0 Å². The molecule has 6 heteroatoms. The van der Waals surface area contributed by atoms with E-state index in [0.717, 1.165) is 16.2 Å². The molecule has 2 aromatic rings. The Morgan fingerprint density at radius 3 is 2.40 bits per heavy atom.